The van der Waals surface area contributed by atoms with Crippen molar-refractivity contribution in [2.75, 3.05) is 10.6 Å². The Balaban J connectivity index is 1.53. The third-order valence-electron chi connectivity index (χ3n) is 5.47. The molecule has 34 heavy (non-hydrogen) atoms. The van der Waals surface area contributed by atoms with E-state index >= 15 is 0 Å². The van der Waals surface area contributed by atoms with Gasteiger partial charge >= 0.3 is 0 Å². The molecular weight excluding hydrogens is 521 g/mol. The number of carbonyl (C=O) groups excluding carboxylic acids is 2. The van der Waals surface area contributed by atoms with Crippen molar-refractivity contribution in [1.29, 1.82) is 0 Å². The van der Waals surface area contributed by atoms with Crippen LogP contribution < -0.4 is 10.6 Å². The summed E-state index contributed by atoms with van der Waals surface area (Å²) in [6.07, 6.45) is 1.52. The lowest BCUT2D eigenvalue weighted by Gasteiger charge is -2.11. The summed E-state index contributed by atoms with van der Waals surface area (Å²) in [7, 11) is 0. The second kappa shape index (κ2) is 9.59. The Hall–Kier alpha value is -2.57. The van der Waals surface area contributed by atoms with Crippen molar-refractivity contribution >= 4 is 75.7 Å². The molecule has 1 fully saturated rings. The van der Waals surface area contributed by atoms with Crippen LogP contribution in [0, 0.1) is 11.7 Å². The Bertz CT molecular complexity index is 1270. The fourth-order valence-corrected chi connectivity index (χ4v) is 5.15. The van der Waals surface area contributed by atoms with Crippen LogP contribution in [0.1, 0.15) is 27.4 Å². The smallest absolute Gasteiger partial charge is 0.256 e. The van der Waals surface area contributed by atoms with Crippen molar-refractivity contribution in [3.8, 4) is 0 Å². The number of halogens is 5. The molecule has 0 aromatic heterocycles. The van der Waals surface area contributed by atoms with Gasteiger partial charge in [-0.3, -0.25) is 9.59 Å². The summed E-state index contributed by atoms with van der Waals surface area (Å²) in [5.41, 5.74) is 2.28. The third-order valence-corrected chi connectivity index (χ3v) is 6.84. The van der Waals surface area contributed by atoms with E-state index in [0.717, 1.165) is 0 Å². The van der Waals surface area contributed by atoms with E-state index < -0.39 is 33.8 Å². The number of benzene rings is 3. The molecule has 2 N–H and O–H groups in total. The highest BCUT2D eigenvalue weighted by Gasteiger charge is 2.67. The zero-order valence-corrected chi connectivity index (χ0v) is 20.4. The highest BCUT2D eigenvalue weighted by Crippen LogP contribution is 2.65. The molecule has 1 aliphatic rings. The predicted molar refractivity (Wildman–Crippen MR) is 137 cm³/mol. The summed E-state index contributed by atoms with van der Waals surface area (Å²) in [5, 5.41) is 6.29. The number of alkyl halides is 2. The van der Waals surface area contributed by atoms with Crippen LogP contribution in [0.25, 0.3) is 6.08 Å². The van der Waals surface area contributed by atoms with Gasteiger partial charge in [0.25, 0.3) is 5.91 Å². The number of nitrogens with one attached hydrogen (secondary N) is 2. The highest BCUT2D eigenvalue weighted by molar-refractivity contribution is 6.53. The largest absolute Gasteiger partial charge is 0.326 e. The molecule has 0 heterocycles. The maximum Gasteiger partial charge on any atom is 0.256 e. The van der Waals surface area contributed by atoms with Gasteiger partial charge in [0.05, 0.1) is 5.92 Å². The van der Waals surface area contributed by atoms with Crippen LogP contribution in [-0.4, -0.2) is 16.1 Å². The Morgan fingerprint density at radius 2 is 1.53 bits per heavy atom. The average Bonchev–Trinajstić information content (AvgIpc) is 3.36. The molecule has 0 saturated heterocycles. The van der Waals surface area contributed by atoms with Gasteiger partial charge < -0.3 is 10.6 Å². The van der Waals surface area contributed by atoms with Crippen molar-refractivity contribution in [2.24, 2.45) is 5.92 Å². The van der Waals surface area contributed by atoms with Crippen LogP contribution in [0.15, 0.2) is 67.2 Å². The van der Waals surface area contributed by atoms with Gasteiger partial charge in [0.2, 0.25) is 5.91 Å². The molecule has 2 atom stereocenters. The molecule has 1 aliphatic carbocycles. The molecule has 0 aliphatic heterocycles. The van der Waals surface area contributed by atoms with E-state index in [4.69, 9.17) is 46.4 Å². The Morgan fingerprint density at radius 3 is 2.15 bits per heavy atom. The van der Waals surface area contributed by atoms with Gasteiger partial charge in [-0.1, -0.05) is 41.9 Å². The topological polar surface area (TPSA) is 58.2 Å². The first-order chi connectivity index (χ1) is 16.1. The van der Waals surface area contributed by atoms with Crippen LogP contribution in [0.3, 0.4) is 0 Å². The molecule has 4 rings (SSSR count). The lowest BCUT2D eigenvalue weighted by Crippen LogP contribution is -2.18. The summed E-state index contributed by atoms with van der Waals surface area (Å²) in [6.45, 7) is 3.72. The minimum atomic E-state index is -1.33. The van der Waals surface area contributed by atoms with Crippen molar-refractivity contribution in [3.63, 3.8) is 0 Å². The van der Waals surface area contributed by atoms with Crippen LogP contribution in [0.4, 0.5) is 15.8 Å². The van der Waals surface area contributed by atoms with E-state index in [2.05, 4.69) is 17.2 Å². The Morgan fingerprint density at radius 1 is 0.912 bits per heavy atom. The summed E-state index contributed by atoms with van der Waals surface area (Å²) in [4.78, 5) is 25.8. The molecule has 3 aromatic rings. The summed E-state index contributed by atoms with van der Waals surface area (Å²) >= 11 is 25.0. The first kappa shape index (κ1) is 24.6. The van der Waals surface area contributed by atoms with Crippen molar-refractivity contribution in [3.05, 3.63) is 99.8 Å². The molecule has 2 amide bonds. The normalized spacial score (nSPS) is 18.1. The quantitative estimate of drug-likeness (QED) is 0.319. The molecule has 0 bridgehead atoms. The summed E-state index contributed by atoms with van der Waals surface area (Å²) in [5.74, 6) is -2.52. The van der Waals surface area contributed by atoms with E-state index in [1.165, 1.54) is 36.4 Å². The molecule has 0 spiro atoms. The molecule has 3 aromatic carbocycles. The maximum absolute atomic E-state index is 13.1. The second-order valence-corrected chi connectivity index (χ2v) is 10.1. The third kappa shape index (κ3) is 5.08. The van der Waals surface area contributed by atoms with Gasteiger partial charge in [0.1, 0.15) is 10.2 Å². The van der Waals surface area contributed by atoms with Crippen molar-refractivity contribution < 1.29 is 14.0 Å². The fourth-order valence-electron chi connectivity index (χ4n) is 3.78. The molecule has 0 unspecified atom stereocenters. The number of amides is 2. The lowest BCUT2D eigenvalue weighted by atomic mass is 10.0. The van der Waals surface area contributed by atoms with Crippen LogP contribution in [0.2, 0.25) is 10.0 Å². The standard InChI is InChI=1S/C25H17Cl4FN2O2/c1-2-13-3-6-19(12-20(13)23(33)31-18-7-4-17(30)5-8-18)32-24(34)22-21(25(22,28)29)14-9-15(26)11-16(27)10-14/h2-12,21-22H,1H2,(H,31,33)(H,32,34)/t21-,22+/m0/s1. The number of anilines is 2. The number of hydrogen-bond acceptors (Lipinski definition) is 2. The molecule has 0 radical (unpaired) electrons. The molecule has 4 nitrogen and oxygen atoms in total. The summed E-state index contributed by atoms with van der Waals surface area (Å²) < 4.78 is 11.8. The van der Waals surface area contributed by atoms with E-state index in [1.54, 1.807) is 30.3 Å². The van der Waals surface area contributed by atoms with Crippen molar-refractivity contribution in [2.45, 2.75) is 10.3 Å². The molecule has 174 valence electrons. The number of hydrogen-bond donors (Lipinski definition) is 2. The first-order valence-electron chi connectivity index (χ1n) is 10.1. The second-order valence-electron chi connectivity index (χ2n) is 7.79. The van der Waals surface area contributed by atoms with E-state index in [0.29, 0.717) is 32.5 Å². The summed E-state index contributed by atoms with van der Waals surface area (Å²) in [6, 6.07) is 15.1. The van der Waals surface area contributed by atoms with E-state index in [9.17, 15) is 14.0 Å². The SMILES string of the molecule is C=Cc1ccc(NC(=O)[C@H]2[C@H](c3cc(Cl)cc(Cl)c3)C2(Cl)Cl)cc1C(=O)Nc1ccc(F)cc1. The Kier molecular flexibility index (Phi) is 6.92. The monoisotopic (exact) mass is 536 g/mol. The van der Waals surface area contributed by atoms with Crippen molar-refractivity contribution in [1.82, 2.24) is 0 Å². The van der Waals surface area contributed by atoms with E-state index in [-0.39, 0.29) is 5.56 Å². The average molecular weight is 538 g/mol. The Labute approximate surface area is 215 Å². The molecule has 9 heteroatoms. The van der Waals surface area contributed by atoms with Crippen LogP contribution >= 0.6 is 46.4 Å². The number of carbonyl (C=O) groups is 2. The minimum Gasteiger partial charge on any atom is -0.326 e. The van der Waals surface area contributed by atoms with Gasteiger partial charge in [0.15, 0.2) is 0 Å². The highest BCUT2D eigenvalue weighted by atomic mass is 35.5. The predicted octanol–water partition coefficient (Wildman–Crippen LogP) is 7.55. The van der Waals surface area contributed by atoms with Gasteiger partial charge in [-0.25, -0.2) is 4.39 Å². The van der Waals surface area contributed by atoms with Crippen LogP contribution in [-0.2, 0) is 4.79 Å². The van der Waals surface area contributed by atoms with Gasteiger partial charge in [0, 0.05) is 32.9 Å². The van der Waals surface area contributed by atoms with Gasteiger partial charge in [-0.05, 0) is 65.7 Å². The number of rotatable bonds is 6. The lowest BCUT2D eigenvalue weighted by molar-refractivity contribution is -0.117. The first-order valence-corrected chi connectivity index (χ1v) is 11.6. The zero-order chi connectivity index (χ0) is 24.6. The minimum absolute atomic E-state index is 0.272. The fraction of sp³-hybridized carbons (Fsp3) is 0.120. The molecule has 1 saturated carbocycles. The molecular formula is C25H17Cl4FN2O2. The van der Waals surface area contributed by atoms with E-state index in [1.807, 2.05) is 0 Å². The van der Waals surface area contributed by atoms with Gasteiger partial charge in [-0.2, -0.15) is 0 Å². The van der Waals surface area contributed by atoms with Crippen LogP contribution in [0.5, 0.6) is 0 Å². The zero-order valence-electron chi connectivity index (χ0n) is 17.4. The van der Waals surface area contributed by atoms with Gasteiger partial charge in [-0.15, -0.1) is 23.2 Å². The maximum atomic E-state index is 13.1.